The fourth-order valence-corrected chi connectivity index (χ4v) is 10.0. The summed E-state index contributed by atoms with van der Waals surface area (Å²) in [6.07, 6.45) is 7.81. The van der Waals surface area contributed by atoms with Crippen LogP contribution in [-0.2, 0) is 21.1 Å². The fourth-order valence-electron chi connectivity index (χ4n) is 6.96. The molecule has 0 aliphatic carbocycles. The number of hydrogen-bond acceptors (Lipinski definition) is 6. The van der Waals surface area contributed by atoms with Gasteiger partial charge in [-0.2, -0.15) is 0 Å². The van der Waals surface area contributed by atoms with Gasteiger partial charge in [0.25, 0.3) is 0 Å². The molecule has 0 saturated carbocycles. The van der Waals surface area contributed by atoms with Crippen LogP contribution < -0.4 is 9.47 Å². The van der Waals surface area contributed by atoms with Crippen molar-refractivity contribution in [2.45, 2.75) is 106 Å². The average Bonchev–Trinajstić information content (AvgIpc) is 3.10. The van der Waals surface area contributed by atoms with Gasteiger partial charge < -0.3 is 14.6 Å². The number of aliphatic carboxylic acids is 1. The van der Waals surface area contributed by atoms with Crippen LogP contribution in [0, 0.1) is 5.41 Å². The van der Waals surface area contributed by atoms with Crippen LogP contribution in [0.2, 0.25) is 0 Å². The number of methoxy groups -OCH3 is 1. The molecule has 4 rings (SSSR count). The maximum atomic E-state index is 15.3. The van der Waals surface area contributed by atoms with Gasteiger partial charge in [0.15, 0.2) is 9.84 Å². The summed E-state index contributed by atoms with van der Waals surface area (Å²) in [5, 5.41) is 8.73. The van der Waals surface area contributed by atoms with Gasteiger partial charge >= 0.3 is 5.97 Å². The number of carbonyl (C=O) groups is 1. The van der Waals surface area contributed by atoms with E-state index in [0.717, 1.165) is 72.3 Å². The average molecular weight is 653 g/mol. The van der Waals surface area contributed by atoms with E-state index in [1.54, 1.807) is 20.1 Å². The zero-order valence-corrected chi connectivity index (χ0v) is 28.9. The van der Waals surface area contributed by atoms with Crippen molar-refractivity contribution < 1.29 is 27.8 Å². The summed E-state index contributed by atoms with van der Waals surface area (Å²) in [7, 11) is -2.25. The molecule has 0 radical (unpaired) electrons. The summed E-state index contributed by atoms with van der Waals surface area (Å²) in [5.74, 6) is 0.0723. The van der Waals surface area contributed by atoms with E-state index in [0.29, 0.717) is 17.1 Å². The second kappa shape index (κ2) is 15.5. The highest BCUT2D eigenvalue weighted by molar-refractivity contribution is 7.98. The van der Waals surface area contributed by atoms with Gasteiger partial charge in [0.05, 0.1) is 23.7 Å². The lowest BCUT2D eigenvalue weighted by Gasteiger charge is -2.41. The van der Waals surface area contributed by atoms with E-state index in [-0.39, 0.29) is 12.3 Å². The first-order chi connectivity index (χ1) is 21.6. The highest BCUT2D eigenvalue weighted by Crippen LogP contribution is 2.55. The standard InChI is InChI=1S/C37H48O6S2/c1-6-8-19-37(20-9-7-2)25-31(28-13-11-10-12-14-28)30-23-33(44-5)32(43-26(3)21-36(38)39)24-34(30)45(40,41)35(37)22-27-15-17-29(42-4)18-16-27/h10-18,23-24,26,31,35H,6-9,19-22,25H2,1-5H3,(H,38,39). The molecule has 1 aliphatic heterocycles. The number of rotatable bonds is 15. The van der Waals surface area contributed by atoms with Crippen LogP contribution in [0.15, 0.2) is 76.5 Å². The predicted molar refractivity (Wildman–Crippen MR) is 183 cm³/mol. The van der Waals surface area contributed by atoms with Crippen LogP contribution in [0.5, 0.6) is 11.5 Å². The van der Waals surface area contributed by atoms with Gasteiger partial charge in [-0.25, -0.2) is 8.42 Å². The molecule has 45 heavy (non-hydrogen) atoms. The first kappa shape index (κ1) is 34.9. The molecule has 0 spiro atoms. The largest absolute Gasteiger partial charge is 0.497 e. The molecule has 6 nitrogen and oxygen atoms in total. The normalized spacial score (nSPS) is 19.2. The Kier molecular flexibility index (Phi) is 12.1. The van der Waals surface area contributed by atoms with Gasteiger partial charge in [-0.3, -0.25) is 4.79 Å². The number of carboxylic acids is 1. The first-order valence-electron chi connectivity index (χ1n) is 16.1. The SMILES string of the molecule is CCCCC1(CCCC)CC(c2ccccc2)c2cc(SC)c(OC(C)CC(=O)O)cc2S(=O)(=O)C1Cc1ccc(OC)cc1. The van der Waals surface area contributed by atoms with E-state index in [2.05, 4.69) is 26.0 Å². The third-order valence-corrected chi connectivity index (χ3v) is 12.4. The molecule has 1 aliphatic rings. The molecule has 244 valence electrons. The zero-order valence-electron chi connectivity index (χ0n) is 27.3. The highest BCUT2D eigenvalue weighted by Gasteiger charge is 2.51. The van der Waals surface area contributed by atoms with Crippen molar-refractivity contribution in [1.82, 2.24) is 0 Å². The van der Waals surface area contributed by atoms with Gasteiger partial charge in [0, 0.05) is 16.9 Å². The zero-order chi connectivity index (χ0) is 32.6. The lowest BCUT2D eigenvalue weighted by molar-refractivity contribution is -0.138. The summed E-state index contributed by atoms with van der Waals surface area (Å²) in [6.45, 7) is 6.05. The van der Waals surface area contributed by atoms with Crippen molar-refractivity contribution in [3.8, 4) is 11.5 Å². The van der Waals surface area contributed by atoms with Gasteiger partial charge in [0.2, 0.25) is 0 Å². The Labute approximate surface area is 273 Å². The molecule has 3 unspecified atom stereocenters. The van der Waals surface area contributed by atoms with Crippen LogP contribution in [0.1, 0.15) is 94.7 Å². The molecular formula is C37H48O6S2. The molecule has 0 amide bonds. The van der Waals surface area contributed by atoms with E-state index >= 15 is 8.42 Å². The smallest absolute Gasteiger partial charge is 0.307 e. The van der Waals surface area contributed by atoms with E-state index in [4.69, 9.17) is 9.47 Å². The fraction of sp³-hybridized carbons (Fsp3) is 0.486. The number of ether oxygens (including phenoxy) is 2. The minimum atomic E-state index is -3.89. The number of thioether (sulfide) groups is 1. The number of hydrogen-bond donors (Lipinski definition) is 1. The maximum absolute atomic E-state index is 15.3. The van der Waals surface area contributed by atoms with Crippen LogP contribution in [0.25, 0.3) is 0 Å². The summed E-state index contributed by atoms with van der Waals surface area (Å²) in [4.78, 5) is 12.6. The molecule has 1 heterocycles. The van der Waals surface area contributed by atoms with Crippen LogP contribution >= 0.6 is 11.8 Å². The van der Waals surface area contributed by atoms with Crippen molar-refractivity contribution in [2.75, 3.05) is 13.4 Å². The molecule has 8 heteroatoms. The number of sulfone groups is 1. The summed E-state index contributed by atoms with van der Waals surface area (Å²) >= 11 is 1.49. The Hall–Kier alpha value is -2.97. The molecule has 0 bridgehead atoms. The topological polar surface area (TPSA) is 89.9 Å². The monoisotopic (exact) mass is 652 g/mol. The minimum Gasteiger partial charge on any atom is -0.497 e. The molecule has 3 aromatic rings. The summed E-state index contributed by atoms with van der Waals surface area (Å²) in [6, 6.07) is 21.8. The van der Waals surface area contributed by atoms with Crippen molar-refractivity contribution in [3.63, 3.8) is 0 Å². The van der Waals surface area contributed by atoms with E-state index in [9.17, 15) is 9.90 Å². The van der Waals surface area contributed by atoms with Gasteiger partial charge in [0.1, 0.15) is 17.6 Å². The number of unbranched alkanes of at least 4 members (excludes halogenated alkanes) is 2. The molecule has 3 aromatic carbocycles. The van der Waals surface area contributed by atoms with Crippen LogP contribution in [-0.4, -0.2) is 44.2 Å². The quantitative estimate of drug-likeness (QED) is 0.164. The highest BCUT2D eigenvalue weighted by atomic mass is 32.2. The summed E-state index contributed by atoms with van der Waals surface area (Å²) < 4.78 is 42.2. The van der Waals surface area contributed by atoms with E-state index < -0.39 is 32.6 Å². The maximum Gasteiger partial charge on any atom is 0.307 e. The lowest BCUT2D eigenvalue weighted by atomic mass is 9.66. The Morgan fingerprint density at radius 2 is 1.67 bits per heavy atom. The number of benzene rings is 3. The van der Waals surface area contributed by atoms with Gasteiger partial charge in [-0.15, -0.1) is 11.8 Å². The number of carboxylic acid groups (broad SMARTS) is 1. The van der Waals surface area contributed by atoms with Crippen LogP contribution in [0.3, 0.4) is 0 Å². The minimum absolute atomic E-state index is 0.123. The molecular weight excluding hydrogens is 605 g/mol. The van der Waals surface area contributed by atoms with Crippen molar-refractivity contribution in [3.05, 3.63) is 83.4 Å². The van der Waals surface area contributed by atoms with E-state index in [1.165, 1.54) is 11.8 Å². The lowest BCUT2D eigenvalue weighted by Crippen LogP contribution is -2.42. The van der Waals surface area contributed by atoms with Crippen molar-refractivity contribution in [2.24, 2.45) is 5.41 Å². The second-order valence-electron chi connectivity index (χ2n) is 12.4. The van der Waals surface area contributed by atoms with Gasteiger partial charge in [-0.1, -0.05) is 82.0 Å². The Morgan fingerprint density at radius 1 is 1.02 bits per heavy atom. The Morgan fingerprint density at radius 3 is 2.22 bits per heavy atom. The molecule has 0 saturated heterocycles. The predicted octanol–water partition coefficient (Wildman–Crippen LogP) is 8.95. The van der Waals surface area contributed by atoms with Crippen molar-refractivity contribution in [1.29, 1.82) is 0 Å². The number of fused-ring (bicyclic) bond motifs is 1. The Bertz CT molecular complexity index is 1510. The second-order valence-corrected chi connectivity index (χ2v) is 15.3. The molecule has 0 aromatic heterocycles. The Balaban J connectivity index is 2.00. The van der Waals surface area contributed by atoms with Crippen molar-refractivity contribution >= 4 is 27.6 Å². The molecule has 0 fully saturated rings. The molecule has 1 N–H and O–H groups in total. The van der Waals surface area contributed by atoms with E-state index in [1.807, 2.05) is 54.8 Å². The third-order valence-electron chi connectivity index (χ3n) is 9.28. The first-order valence-corrected chi connectivity index (χ1v) is 18.9. The van der Waals surface area contributed by atoms with Crippen LogP contribution in [0.4, 0.5) is 0 Å². The molecule has 3 atom stereocenters. The van der Waals surface area contributed by atoms with Gasteiger partial charge in [-0.05, 0) is 79.2 Å². The third kappa shape index (κ3) is 8.07. The summed E-state index contributed by atoms with van der Waals surface area (Å²) in [5.41, 5.74) is 2.42.